The molecule has 2 heteroatoms. The van der Waals surface area contributed by atoms with Crippen LogP contribution >= 0.6 is 0 Å². The smallest absolute Gasteiger partial charge is 0.0862 e. The average molecular weight is 263 g/mol. The molecular formula is C17H29NO. The lowest BCUT2D eigenvalue weighted by Gasteiger charge is -2.46. The van der Waals surface area contributed by atoms with Crippen LogP contribution in [-0.4, -0.2) is 23.3 Å². The van der Waals surface area contributed by atoms with Crippen LogP contribution in [0.5, 0.6) is 0 Å². The summed E-state index contributed by atoms with van der Waals surface area (Å²) in [6.07, 6.45) is 9.92. The van der Waals surface area contributed by atoms with E-state index >= 15 is 0 Å². The van der Waals surface area contributed by atoms with Gasteiger partial charge in [-0.3, -0.25) is 0 Å². The first kappa shape index (κ1) is 14.8. The highest BCUT2D eigenvalue weighted by atomic mass is 16.3. The summed E-state index contributed by atoms with van der Waals surface area (Å²) in [6, 6.07) is 0.215. The van der Waals surface area contributed by atoms with Crippen LogP contribution < -0.4 is 5.32 Å². The van der Waals surface area contributed by atoms with Gasteiger partial charge in [-0.05, 0) is 43.7 Å². The van der Waals surface area contributed by atoms with E-state index in [2.05, 4.69) is 51.2 Å². The zero-order valence-electron chi connectivity index (χ0n) is 13.1. The van der Waals surface area contributed by atoms with E-state index in [0.717, 1.165) is 19.4 Å². The van der Waals surface area contributed by atoms with Gasteiger partial charge in [0.15, 0.2) is 0 Å². The number of rotatable bonds is 2. The topological polar surface area (TPSA) is 32.3 Å². The number of nitrogens with one attached hydrogen (secondary N) is 1. The van der Waals surface area contributed by atoms with Crippen molar-refractivity contribution in [1.82, 2.24) is 5.32 Å². The minimum Gasteiger partial charge on any atom is -0.388 e. The third-order valence-electron chi connectivity index (χ3n) is 5.14. The average Bonchev–Trinajstić information content (AvgIpc) is 2.82. The summed E-state index contributed by atoms with van der Waals surface area (Å²) in [4.78, 5) is 0. The Morgan fingerprint density at radius 2 is 2.00 bits per heavy atom. The van der Waals surface area contributed by atoms with E-state index < -0.39 is 5.60 Å². The van der Waals surface area contributed by atoms with E-state index in [4.69, 9.17) is 0 Å². The molecule has 1 aliphatic heterocycles. The molecule has 0 amide bonds. The lowest BCUT2D eigenvalue weighted by molar-refractivity contribution is -0.0603. The third-order valence-corrected chi connectivity index (χ3v) is 5.14. The maximum absolute atomic E-state index is 11.0. The first-order valence-electron chi connectivity index (χ1n) is 7.52. The third kappa shape index (κ3) is 2.66. The van der Waals surface area contributed by atoms with Gasteiger partial charge in [0.25, 0.3) is 0 Å². The van der Waals surface area contributed by atoms with Crippen molar-refractivity contribution in [3.8, 4) is 0 Å². The molecule has 2 N–H and O–H groups in total. The molecule has 0 saturated carbocycles. The van der Waals surface area contributed by atoms with E-state index in [1.165, 1.54) is 12.0 Å². The van der Waals surface area contributed by atoms with Gasteiger partial charge in [-0.15, -0.1) is 0 Å². The highest BCUT2D eigenvalue weighted by Gasteiger charge is 2.48. The van der Waals surface area contributed by atoms with Crippen molar-refractivity contribution in [1.29, 1.82) is 0 Å². The van der Waals surface area contributed by atoms with E-state index in [1.807, 2.05) is 6.92 Å². The maximum Gasteiger partial charge on any atom is 0.0862 e. The molecule has 1 saturated heterocycles. The van der Waals surface area contributed by atoms with Crippen LogP contribution in [0.2, 0.25) is 0 Å². The normalized spacial score (nSPS) is 35.1. The number of hydrogen-bond acceptors (Lipinski definition) is 2. The Labute approximate surface area is 118 Å². The van der Waals surface area contributed by atoms with E-state index in [0.29, 0.717) is 0 Å². The second-order valence-electron chi connectivity index (χ2n) is 7.66. The Balaban J connectivity index is 2.18. The summed E-state index contributed by atoms with van der Waals surface area (Å²) in [5.41, 5.74) is 0.694. The summed E-state index contributed by atoms with van der Waals surface area (Å²) in [6.45, 7) is 11.9. The van der Waals surface area contributed by atoms with Gasteiger partial charge in [-0.25, -0.2) is 0 Å². The van der Waals surface area contributed by atoms with Crippen LogP contribution in [0.4, 0.5) is 0 Å². The van der Waals surface area contributed by atoms with Gasteiger partial charge in [0.2, 0.25) is 0 Å². The molecule has 2 rings (SSSR count). The zero-order chi connectivity index (χ0) is 14.3. The van der Waals surface area contributed by atoms with E-state index in [9.17, 15) is 5.11 Å². The lowest BCUT2D eigenvalue weighted by Crippen LogP contribution is -2.55. The molecule has 0 aromatic carbocycles. The van der Waals surface area contributed by atoms with Crippen LogP contribution in [0.25, 0.3) is 0 Å². The summed E-state index contributed by atoms with van der Waals surface area (Å²) in [7, 11) is 0. The summed E-state index contributed by atoms with van der Waals surface area (Å²) < 4.78 is 0. The van der Waals surface area contributed by atoms with Gasteiger partial charge in [-0.1, -0.05) is 45.9 Å². The van der Waals surface area contributed by atoms with Crippen LogP contribution in [0.1, 0.15) is 53.9 Å². The fourth-order valence-corrected chi connectivity index (χ4v) is 3.23. The zero-order valence-corrected chi connectivity index (χ0v) is 13.1. The number of allylic oxidation sites excluding steroid dienone is 3. The van der Waals surface area contributed by atoms with Crippen LogP contribution in [0, 0.1) is 10.8 Å². The molecule has 0 aromatic heterocycles. The van der Waals surface area contributed by atoms with Crippen molar-refractivity contribution in [2.45, 2.75) is 65.5 Å². The van der Waals surface area contributed by atoms with Crippen molar-refractivity contribution in [3.05, 3.63) is 23.8 Å². The molecule has 108 valence electrons. The van der Waals surface area contributed by atoms with Gasteiger partial charge >= 0.3 is 0 Å². The van der Waals surface area contributed by atoms with Crippen molar-refractivity contribution in [2.24, 2.45) is 10.8 Å². The largest absolute Gasteiger partial charge is 0.388 e. The first-order valence-corrected chi connectivity index (χ1v) is 7.52. The van der Waals surface area contributed by atoms with Crippen LogP contribution in [-0.2, 0) is 0 Å². The molecule has 19 heavy (non-hydrogen) atoms. The van der Waals surface area contributed by atoms with Crippen LogP contribution in [0.15, 0.2) is 23.8 Å². The Kier molecular flexibility index (Phi) is 3.70. The van der Waals surface area contributed by atoms with Crippen molar-refractivity contribution >= 4 is 0 Å². The quantitative estimate of drug-likeness (QED) is 0.800. The molecule has 2 unspecified atom stereocenters. The molecular weight excluding hydrogens is 234 g/mol. The summed E-state index contributed by atoms with van der Waals surface area (Å²) in [5.74, 6) is 0. The minimum absolute atomic E-state index is 0.177. The lowest BCUT2D eigenvalue weighted by atomic mass is 9.64. The van der Waals surface area contributed by atoms with Crippen molar-refractivity contribution in [2.75, 3.05) is 6.54 Å². The molecule has 3 atom stereocenters. The summed E-state index contributed by atoms with van der Waals surface area (Å²) in [5, 5.41) is 14.5. The van der Waals surface area contributed by atoms with Crippen molar-refractivity contribution < 1.29 is 5.11 Å². The van der Waals surface area contributed by atoms with Gasteiger partial charge in [0.1, 0.15) is 0 Å². The second kappa shape index (κ2) is 4.75. The van der Waals surface area contributed by atoms with Crippen molar-refractivity contribution in [3.63, 3.8) is 0 Å². The van der Waals surface area contributed by atoms with Crippen LogP contribution in [0.3, 0.4) is 0 Å². The molecule has 1 fully saturated rings. The molecule has 0 spiro atoms. The predicted octanol–water partition coefficient (Wildman–Crippen LogP) is 3.43. The highest BCUT2D eigenvalue weighted by Crippen LogP contribution is 2.45. The Hall–Kier alpha value is -0.600. The van der Waals surface area contributed by atoms with Gasteiger partial charge < -0.3 is 10.4 Å². The molecule has 2 nitrogen and oxygen atoms in total. The maximum atomic E-state index is 11.0. The standard InChI is InChI=1S/C17H29NO/c1-15(2,3)13-8-10-16(4,11-9-13)17(5,19)14-7-6-12-18-14/h8-10,14,18-19H,6-7,11-12H2,1-5H3/t14-,16?,17?/m0/s1. The van der Waals surface area contributed by atoms with Gasteiger partial charge in [0.05, 0.1) is 5.60 Å². The molecule has 2 aliphatic rings. The first-order chi connectivity index (χ1) is 8.67. The van der Waals surface area contributed by atoms with Gasteiger partial charge in [-0.2, -0.15) is 0 Å². The second-order valence-corrected chi connectivity index (χ2v) is 7.66. The number of aliphatic hydroxyl groups is 1. The predicted molar refractivity (Wildman–Crippen MR) is 81.1 cm³/mol. The van der Waals surface area contributed by atoms with E-state index in [1.54, 1.807) is 0 Å². The van der Waals surface area contributed by atoms with Gasteiger partial charge in [0, 0.05) is 11.5 Å². The van der Waals surface area contributed by atoms with E-state index in [-0.39, 0.29) is 16.9 Å². The number of hydrogen-bond donors (Lipinski definition) is 2. The Morgan fingerprint density at radius 3 is 2.42 bits per heavy atom. The molecule has 0 radical (unpaired) electrons. The Bertz CT molecular complexity index is 394. The molecule has 0 aromatic rings. The fraction of sp³-hybridized carbons (Fsp3) is 0.765. The minimum atomic E-state index is -0.695. The monoisotopic (exact) mass is 263 g/mol. The molecule has 0 bridgehead atoms. The summed E-state index contributed by atoms with van der Waals surface area (Å²) >= 11 is 0. The fourth-order valence-electron chi connectivity index (χ4n) is 3.23. The molecule has 1 heterocycles. The highest BCUT2D eigenvalue weighted by molar-refractivity contribution is 5.33. The molecule has 1 aliphatic carbocycles. The Morgan fingerprint density at radius 1 is 1.32 bits per heavy atom. The SMILES string of the molecule is CC(C)(C)C1=CCC(C)(C(C)(O)[C@@H]2CCCN2)C=C1.